The normalized spacial score (nSPS) is 15.3. The van der Waals surface area contributed by atoms with Crippen LogP contribution in [0.5, 0.6) is 0 Å². The SMILES string of the molecule is Cc1ccc(-n2ncc3c(=O)n(CC(=O)N4CCC(C)CC4)cnc32)cc1C. The van der Waals surface area contributed by atoms with Crippen LogP contribution in [0, 0.1) is 19.8 Å². The number of fused-ring (bicyclic) bond motifs is 1. The van der Waals surface area contributed by atoms with E-state index in [1.54, 1.807) is 4.68 Å². The molecule has 0 atom stereocenters. The Morgan fingerprint density at radius 2 is 1.93 bits per heavy atom. The van der Waals surface area contributed by atoms with Crippen molar-refractivity contribution in [3.63, 3.8) is 0 Å². The van der Waals surface area contributed by atoms with Crippen molar-refractivity contribution in [2.24, 2.45) is 5.92 Å². The van der Waals surface area contributed by atoms with Crippen molar-refractivity contribution in [2.45, 2.75) is 40.2 Å². The molecule has 146 valence electrons. The highest BCUT2D eigenvalue weighted by molar-refractivity contribution is 5.78. The number of hydrogen-bond donors (Lipinski definition) is 0. The van der Waals surface area contributed by atoms with E-state index in [2.05, 4.69) is 23.9 Å². The first-order valence-corrected chi connectivity index (χ1v) is 9.72. The smallest absolute Gasteiger partial charge is 0.264 e. The minimum absolute atomic E-state index is 0.0188. The third-order valence-electron chi connectivity index (χ3n) is 5.73. The van der Waals surface area contributed by atoms with E-state index in [1.165, 1.54) is 22.7 Å². The highest BCUT2D eigenvalue weighted by Gasteiger charge is 2.21. The molecule has 0 aliphatic carbocycles. The van der Waals surface area contributed by atoms with Gasteiger partial charge >= 0.3 is 0 Å². The highest BCUT2D eigenvalue weighted by Crippen LogP contribution is 2.18. The van der Waals surface area contributed by atoms with Crippen LogP contribution in [0.25, 0.3) is 16.7 Å². The molecule has 28 heavy (non-hydrogen) atoms. The van der Waals surface area contributed by atoms with Gasteiger partial charge in [0.25, 0.3) is 5.56 Å². The summed E-state index contributed by atoms with van der Waals surface area (Å²) in [5, 5.41) is 4.78. The summed E-state index contributed by atoms with van der Waals surface area (Å²) in [6, 6.07) is 6.01. The van der Waals surface area contributed by atoms with Gasteiger partial charge in [0.2, 0.25) is 5.91 Å². The van der Waals surface area contributed by atoms with Gasteiger partial charge in [0.05, 0.1) is 11.9 Å². The van der Waals surface area contributed by atoms with Crippen LogP contribution >= 0.6 is 0 Å². The Bertz CT molecular complexity index is 1090. The van der Waals surface area contributed by atoms with E-state index < -0.39 is 0 Å². The molecule has 3 heterocycles. The van der Waals surface area contributed by atoms with E-state index in [0.717, 1.165) is 37.2 Å². The summed E-state index contributed by atoms with van der Waals surface area (Å²) >= 11 is 0. The van der Waals surface area contributed by atoms with E-state index in [9.17, 15) is 9.59 Å². The average Bonchev–Trinajstić information content (AvgIpc) is 3.11. The maximum absolute atomic E-state index is 12.9. The predicted molar refractivity (Wildman–Crippen MR) is 108 cm³/mol. The number of nitrogens with zero attached hydrogens (tertiary/aromatic N) is 5. The largest absolute Gasteiger partial charge is 0.341 e. The van der Waals surface area contributed by atoms with Crippen molar-refractivity contribution >= 4 is 16.9 Å². The standard InChI is InChI=1S/C21H25N5O2/c1-14-6-8-24(9-7-14)19(27)12-25-13-22-20-18(21(25)28)11-23-26(20)17-5-4-15(2)16(3)10-17/h4-5,10-11,13-14H,6-9,12H2,1-3H3. The summed E-state index contributed by atoms with van der Waals surface area (Å²) in [6.45, 7) is 7.84. The molecule has 1 amide bonds. The van der Waals surface area contributed by atoms with Gasteiger partial charge in [-0.05, 0) is 55.9 Å². The maximum atomic E-state index is 12.9. The molecule has 0 N–H and O–H groups in total. The molecule has 4 rings (SSSR count). The summed E-state index contributed by atoms with van der Waals surface area (Å²) in [4.78, 5) is 31.7. The predicted octanol–water partition coefficient (Wildman–Crippen LogP) is 2.46. The highest BCUT2D eigenvalue weighted by atomic mass is 16.2. The van der Waals surface area contributed by atoms with Gasteiger partial charge in [0, 0.05) is 13.1 Å². The van der Waals surface area contributed by atoms with Crippen molar-refractivity contribution in [1.29, 1.82) is 0 Å². The van der Waals surface area contributed by atoms with Gasteiger partial charge in [0.15, 0.2) is 5.65 Å². The minimum atomic E-state index is -0.237. The van der Waals surface area contributed by atoms with Crippen LogP contribution in [0.4, 0.5) is 0 Å². The Labute approximate surface area is 163 Å². The number of piperidine rings is 1. The lowest BCUT2D eigenvalue weighted by atomic mass is 9.99. The molecule has 7 heteroatoms. The average molecular weight is 379 g/mol. The molecular weight excluding hydrogens is 354 g/mol. The molecule has 0 radical (unpaired) electrons. The van der Waals surface area contributed by atoms with Crippen LogP contribution < -0.4 is 5.56 Å². The Hall–Kier alpha value is -2.96. The molecule has 0 spiro atoms. The zero-order valence-electron chi connectivity index (χ0n) is 16.6. The lowest BCUT2D eigenvalue weighted by Crippen LogP contribution is -2.41. The van der Waals surface area contributed by atoms with Gasteiger partial charge in [-0.2, -0.15) is 5.10 Å². The van der Waals surface area contributed by atoms with Crippen molar-refractivity contribution in [1.82, 2.24) is 24.2 Å². The molecule has 2 aromatic heterocycles. The van der Waals surface area contributed by atoms with Gasteiger partial charge < -0.3 is 4.90 Å². The number of carbonyl (C=O) groups excluding carboxylic acids is 1. The Morgan fingerprint density at radius 1 is 1.18 bits per heavy atom. The number of rotatable bonds is 3. The number of amides is 1. The van der Waals surface area contributed by atoms with E-state index in [4.69, 9.17) is 0 Å². The van der Waals surface area contributed by atoms with E-state index >= 15 is 0 Å². The van der Waals surface area contributed by atoms with Gasteiger partial charge in [0.1, 0.15) is 18.3 Å². The Morgan fingerprint density at radius 3 is 2.64 bits per heavy atom. The second-order valence-corrected chi connectivity index (χ2v) is 7.80. The van der Waals surface area contributed by atoms with Crippen LogP contribution in [0.1, 0.15) is 30.9 Å². The van der Waals surface area contributed by atoms with Gasteiger partial charge in [-0.15, -0.1) is 0 Å². The molecule has 1 aromatic carbocycles. The number of hydrogen-bond acceptors (Lipinski definition) is 4. The van der Waals surface area contributed by atoms with Crippen molar-refractivity contribution in [2.75, 3.05) is 13.1 Å². The Kier molecular flexibility index (Phi) is 4.75. The lowest BCUT2D eigenvalue weighted by Gasteiger charge is -2.30. The third-order valence-corrected chi connectivity index (χ3v) is 5.73. The molecule has 3 aromatic rings. The number of likely N-dealkylation sites (tertiary alicyclic amines) is 1. The summed E-state index contributed by atoms with van der Waals surface area (Å²) in [5.41, 5.74) is 3.47. The molecule has 1 aliphatic rings. The summed E-state index contributed by atoms with van der Waals surface area (Å²) in [5.74, 6) is 0.623. The molecule has 1 saturated heterocycles. The maximum Gasteiger partial charge on any atom is 0.264 e. The molecule has 1 fully saturated rings. The fraction of sp³-hybridized carbons (Fsp3) is 0.429. The first-order valence-electron chi connectivity index (χ1n) is 9.72. The third kappa shape index (κ3) is 3.32. The Balaban J connectivity index is 1.62. The molecule has 1 aliphatic heterocycles. The summed E-state index contributed by atoms with van der Waals surface area (Å²) in [6.07, 6.45) is 5.01. The fourth-order valence-corrected chi connectivity index (χ4v) is 3.61. The van der Waals surface area contributed by atoms with Crippen molar-refractivity contribution in [3.05, 3.63) is 52.2 Å². The number of carbonyl (C=O) groups is 1. The summed E-state index contributed by atoms with van der Waals surface area (Å²) in [7, 11) is 0. The van der Waals surface area contributed by atoms with E-state index in [0.29, 0.717) is 17.0 Å². The van der Waals surface area contributed by atoms with Gasteiger partial charge in [-0.25, -0.2) is 9.67 Å². The molecular formula is C21H25N5O2. The number of aryl methyl sites for hydroxylation is 2. The van der Waals surface area contributed by atoms with Crippen molar-refractivity contribution < 1.29 is 4.79 Å². The zero-order valence-corrected chi connectivity index (χ0v) is 16.6. The molecule has 0 bridgehead atoms. The van der Waals surface area contributed by atoms with E-state index in [1.807, 2.05) is 30.0 Å². The van der Waals surface area contributed by atoms with Gasteiger partial charge in [-0.3, -0.25) is 14.2 Å². The first kappa shape index (κ1) is 18.4. The topological polar surface area (TPSA) is 73.0 Å². The minimum Gasteiger partial charge on any atom is -0.341 e. The molecule has 7 nitrogen and oxygen atoms in total. The zero-order chi connectivity index (χ0) is 19.8. The van der Waals surface area contributed by atoms with Crippen LogP contribution in [0.3, 0.4) is 0 Å². The van der Waals surface area contributed by atoms with E-state index in [-0.39, 0.29) is 18.0 Å². The number of aromatic nitrogens is 4. The lowest BCUT2D eigenvalue weighted by molar-refractivity contribution is -0.133. The first-order chi connectivity index (χ1) is 13.4. The second kappa shape index (κ2) is 7.22. The van der Waals surface area contributed by atoms with Crippen LogP contribution in [-0.2, 0) is 11.3 Å². The quantitative estimate of drug-likeness (QED) is 0.701. The monoisotopic (exact) mass is 379 g/mol. The van der Waals surface area contributed by atoms with Crippen LogP contribution in [0.15, 0.2) is 35.5 Å². The summed E-state index contributed by atoms with van der Waals surface area (Å²) < 4.78 is 3.05. The van der Waals surface area contributed by atoms with Crippen molar-refractivity contribution in [3.8, 4) is 5.69 Å². The molecule has 0 unspecified atom stereocenters. The van der Waals surface area contributed by atoms with Crippen LogP contribution in [-0.4, -0.2) is 43.2 Å². The van der Waals surface area contributed by atoms with Gasteiger partial charge in [-0.1, -0.05) is 13.0 Å². The van der Waals surface area contributed by atoms with Crippen LogP contribution in [0.2, 0.25) is 0 Å². The molecule has 0 saturated carbocycles. The number of benzene rings is 1. The second-order valence-electron chi connectivity index (χ2n) is 7.80. The fourth-order valence-electron chi connectivity index (χ4n) is 3.61.